The Labute approximate surface area is 392 Å². The van der Waals surface area contributed by atoms with Crippen LogP contribution in [-0.4, -0.2) is 0 Å². The zero-order valence-electron chi connectivity index (χ0n) is 37.1. The number of allylic oxidation sites excluding steroid dienone is 1. The molecule has 0 radical (unpaired) electrons. The Morgan fingerprint density at radius 2 is 1.16 bits per heavy atom. The zero-order chi connectivity index (χ0) is 44.4. The minimum Gasteiger partial charge on any atom is -0.456 e. The molecule has 14 rings (SSSR count). The first-order valence-corrected chi connectivity index (χ1v) is 24.1. The second kappa shape index (κ2) is 14.5. The molecular formula is C63H43NO2S. The van der Waals surface area contributed by atoms with Crippen LogP contribution in [0.1, 0.15) is 41.8 Å². The Bertz CT molecular complexity index is 3990. The summed E-state index contributed by atoms with van der Waals surface area (Å²) in [7, 11) is 0. The predicted molar refractivity (Wildman–Crippen MR) is 282 cm³/mol. The van der Waals surface area contributed by atoms with Gasteiger partial charge in [-0.1, -0.05) is 153 Å². The number of hydrogen-bond acceptors (Lipinski definition) is 4. The highest BCUT2D eigenvalue weighted by molar-refractivity contribution is 7.20. The molecule has 0 spiro atoms. The molecule has 3 aromatic heterocycles. The fraction of sp³-hybridized carbons (Fsp3) is 0.0794. The molecule has 4 heteroatoms. The first-order valence-electron chi connectivity index (χ1n) is 23.3. The third-order valence-corrected chi connectivity index (χ3v) is 15.8. The lowest BCUT2D eigenvalue weighted by atomic mass is 9.82. The predicted octanol–water partition coefficient (Wildman–Crippen LogP) is 18.4. The number of benzene rings is 9. The van der Waals surface area contributed by atoms with E-state index in [0.29, 0.717) is 0 Å². The quantitative estimate of drug-likeness (QED) is 0.167. The van der Waals surface area contributed by atoms with Gasteiger partial charge in [-0.15, -0.1) is 11.3 Å². The third kappa shape index (κ3) is 5.83. The highest BCUT2D eigenvalue weighted by atomic mass is 32.1. The molecule has 12 aromatic rings. The lowest BCUT2D eigenvalue weighted by Gasteiger charge is -2.28. The van der Waals surface area contributed by atoms with Gasteiger partial charge in [-0.25, -0.2) is 0 Å². The number of para-hydroxylation sites is 1. The molecule has 2 aliphatic carbocycles. The average molecular weight is 878 g/mol. The zero-order valence-corrected chi connectivity index (χ0v) is 38.0. The van der Waals surface area contributed by atoms with Gasteiger partial charge < -0.3 is 13.7 Å². The van der Waals surface area contributed by atoms with Gasteiger partial charge in [-0.2, -0.15) is 0 Å². The summed E-state index contributed by atoms with van der Waals surface area (Å²) in [6, 6.07) is 68.5. The van der Waals surface area contributed by atoms with Crippen LogP contribution < -0.4 is 4.90 Å². The van der Waals surface area contributed by atoms with Crippen LogP contribution >= 0.6 is 11.3 Å². The van der Waals surface area contributed by atoms with Crippen molar-refractivity contribution in [3.8, 4) is 44.5 Å². The van der Waals surface area contributed by atoms with Crippen LogP contribution in [0.2, 0.25) is 0 Å². The molecule has 0 unspecified atom stereocenters. The lowest BCUT2D eigenvalue weighted by molar-refractivity contribution is 0.660. The maximum Gasteiger partial charge on any atom is 0.144 e. The molecule has 0 fully saturated rings. The smallest absolute Gasteiger partial charge is 0.144 e. The standard InChI is InChI=1S/C63H43NO2S/c1-63(2)53-20-9-6-15-46(53)47-33-31-43(35-54(47)63)64(42-29-27-40(28-30-42)45-18-12-19-50-49-16-8-11-22-58(49)67-62(45)50)44-32-34-48-52-37-57-60(51-17-7-10-21-55(51)65-57)59(61(52)66-56(48)36-44)41-25-23-39(24-26-41)38-13-4-3-5-14-38/h3-7,9-15,17-37H,8,16H2,1-2H3. The Morgan fingerprint density at radius 3 is 2.04 bits per heavy atom. The van der Waals surface area contributed by atoms with Crippen LogP contribution in [0.3, 0.4) is 0 Å². The van der Waals surface area contributed by atoms with Crippen molar-refractivity contribution in [2.45, 2.75) is 32.1 Å². The summed E-state index contributed by atoms with van der Waals surface area (Å²) in [6.45, 7) is 4.71. The summed E-state index contributed by atoms with van der Waals surface area (Å²) >= 11 is 1.92. The van der Waals surface area contributed by atoms with Gasteiger partial charge in [-0.3, -0.25) is 0 Å². The number of rotatable bonds is 6. The molecule has 0 atom stereocenters. The number of aryl methyl sites for hydroxylation is 1. The van der Waals surface area contributed by atoms with Gasteiger partial charge in [-0.05, 0) is 128 Å². The summed E-state index contributed by atoms with van der Waals surface area (Å²) < 4.78 is 15.2. The SMILES string of the molecule is CC1(C)c2ccccc2-c2ccc(N(c3ccc(-c4cccc5c6c(sc45)C=CCC6)cc3)c3ccc4c(c3)oc3c(-c5ccc(-c6ccccc6)cc5)c5c(cc34)oc3ccccc35)cc21. The van der Waals surface area contributed by atoms with Gasteiger partial charge in [0.15, 0.2) is 0 Å². The van der Waals surface area contributed by atoms with E-state index in [9.17, 15) is 0 Å². The van der Waals surface area contributed by atoms with Crippen molar-refractivity contribution in [3.05, 3.63) is 216 Å². The van der Waals surface area contributed by atoms with Crippen molar-refractivity contribution in [2.75, 3.05) is 4.90 Å². The van der Waals surface area contributed by atoms with Crippen molar-refractivity contribution in [1.82, 2.24) is 0 Å². The van der Waals surface area contributed by atoms with Crippen LogP contribution in [0.25, 0.3) is 105 Å². The highest BCUT2D eigenvalue weighted by Gasteiger charge is 2.36. The normalized spacial score (nSPS) is 13.8. The third-order valence-electron chi connectivity index (χ3n) is 14.6. The number of anilines is 3. The Morgan fingerprint density at radius 1 is 0.478 bits per heavy atom. The van der Waals surface area contributed by atoms with Crippen molar-refractivity contribution >= 4 is 88.4 Å². The van der Waals surface area contributed by atoms with Crippen LogP contribution in [0.4, 0.5) is 17.1 Å². The van der Waals surface area contributed by atoms with E-state index in [1.54, 1.807) is 0 Å². The maximum atomic E-state index is 7.17. The number of furan rings is 2. The summed E-state index contributed by atoms with van der Waals surface area (Å²) in [4.78, 5) is 3.79. The molecule has 2 aliphatic rings. The molecule has 0 bridgehead atoms. The minimum absolute atomic E-state index is 0.148. The van der Waals surface area contributed by atoms with Gasteiger partial charge in [0.1, 0.15) is 22.3 Å². The summed E-state index contributed by atoms with van der Waals surface area (Å²) in [5.74, 6) is 0. The van der Waals surface area contributed by atoms with Gasteiger partial charge in [0, 0.05) is 65.2 Å². The van der Waals surface area contributed by atoms with E-state index in [-0.39, 0.29) is 5.41 Å². The van der Waals surface area contributed by atoms with Gasteiger partial charge >= 0.3 is 0 Å². The van der Waals surface area contributed by atoms with Gasteiger partial charge in [0.05, 0.1) is 0 Å². The fourth-order valence-electron chi connectivity index (χ4n) is 11.3. The van der Waals surface area contributed by atoms with Crippen molar-refractivity contribution in [3.63, 3.8) is 0 Å². The molecule has 3 nitrogen and oxygen atoms in total. The number of hydrogen-bond donors (Lipinski definition) is 0. The second-order valence-corrected chi connectivity index (χ2v) is 19.7. The van der Waals surface area contributed by atoms with E-state index in [1.165, 1.54) is 65.0 Å². The molecule has 0 saturated carbocycles. The van der Waals surface area contributed by atoms with E-state index >= 15 is 0 Å². The van der Waals surface area contributed by atoms with Crippen molar-refractivity contribution in [1.29, 1.82) is 0 Å². The number of thiophene rings is 1. The number of fused-ring (bicyclic) bond motifs is 12. The Hall–Kier alpha value is -7.92. The molecule has 0 amide bonds. The minimum atomic E-state index is -0.148. The lowest BCUT2D eigenvalue weighted by Crippen LogP contribution is -2.16. The van der Waals surface area contributed by atoms with E-state index in [0.717, 1.165) is 84.9 Å². The molecule has 0 aliphatic heterocycles. The summed E-state index contributed by atoms with van der Waals surface area (Å²) in [5, 5.41) is 5.61. The van der Waals surface area contributed by atoms with Crippen molar-refractivity contribution in [2.24, 2.45) is 0 Å². The van der Waals surface area contributed by atoms with Crippen LogP contribution in [0, 0.1) is 0 Å². The van der Waals surface area contributed by atoms with Crippen molar-refractivity contribution < 1.29 is 8.83 Å². The topological polar surface area (TPSA) is 29.5 Å². The first-order chi connectivity index (χ1) is 33.0. The largest absolute Gasteiger partial charge is 0.456 e. The monoisotopic (exact) mass is 877 g/mol. The Kier molecular flexibility index (Phi) is 8.32. The first kappa shape index (κ1) is 38.4. The molecule has 318 valence electrons. The molecule has 0 saturated heterocycles. The van der Waals surface area contributed by atoms with Gasteiger partial charge in [0.2, 0.25) is 0 Å². The van der Waals surface area contributed by atoms with E-state index in [2.05, 4.69) is 213 Å². The second-order valence-electron chi connectivity index (χ2n) is 18.7. The van der Waals surface area contributed by atoms with Crippen LogP contribution in [-0.2, 0) is 11.8 Å². The number of nitrogens with zero attached hydrogens (tertiary/aromatic N) is 1. The average Bonchev–Trinajstić information content (AvgIpc) is 4.12. The van der Waals surface area contributed by atoms with E-state index < -0.39 is 0 Å². The summed E-state index contributed by atoms with van der Waals surface area (Å²) in [5.41, 5.74) is 20.2. The van der Waals surface area contributed by atoms with E-state index in [1.807, 2.05) is 17.4 Å². The Balaban J connectivity index is 0.946. The van der Waals surface area contributed by atoms with E-state index in [4.69, 9.17) is 8.83 Å². The molecule has 0 N–H and O–H groups in total. The van der Waals surface area contributed by atoms with Gasteiger partial charge in [0.25, 0.3) is 0 Å². The van der Waals surface area contributed by atoms with Crippen LogP contribution in [0.15, 0.2) is 203 Å². The molecule has 67 heavy (non-hydrogen) atoms. The molecular weight excluding hydrogens is 835 g/mol. The summed E-state index contributed by atoms with van der Waals surface area (Å²) in [6.07, 6.45) is 6.84. The molecule has 9 aromatic carbocycles. The maximum absolute atomic E-state index is 7.17. The highest BCUT2D eigenvalue weighted by Crippen LogP contribution is 2.52. The molecule has 3 heterocycles. The fourth-order valence-corrected chi connectivity index (χ4v) is 12.6. The van der Waals surface area contributed by atoms with Crippen LogP contribution in [0.5, 0.6) is 0 Å².